The Bertz CT molecular complexity index is 1310. The van der Waals surface area contributed by atoms with E-state index in [0.717, 1.165) is 35.4 Å². The molecule has 0 aliphatic heterocycles. The van der Waals surface area contributed by atoms with Crippen LogP contribution in [0.1, 0.15) is 35.4 Å². The molecule has 3 rings (SSSR count). The smallest absolute Gasteiger partial charge is 0.230 e. The van der Waals surface area contributed by atoms with Gasteiger partial charge >= 0.3 is 0 Å². The standard InChI is InChI=1S/C28H34N6O4S/c1-37-22-13-8-11-20(27(22)38-2)18-25(36)32-28-34-33-26(39-28)14-7-6-12-21(29)15-16-23(30)31-24(35)17-19-9-4-3-5-10-19/h3-5,8-11,13,15-16H,6-7,12,14,17-18,29-30H2,1-2H3,(H,31,35)(H,32,34,36)/b21-15-,23-16+. The molecule has 0 atom stereocenters. The Labute approximate surface area is 232 Å². The third-order valence-corrected chi connectivity index (χ3v) is 6.52. The second-order valence-corrected chi connectivity index (χ2v) is 9.72. The molecule has 10 nitrogen and oxygen atoms in total. The number of nitrogens with zero attached hydrogens (tertiary/aromatic N) is 2. The molecule has 0 bridgehead atoms. The number of hydrogen-bond donors (Lipinski definition) is 4. The summed E-state index contributed by atoms with van der Waals surface area (Å²) in [5.74, 6) is 0.946. The number of ether oxygens (including phenoxy) is 2. The number of rotatable bonds is 14. The first-order chi connectivity index (χ1) is 18.9. The number of methoxy groups -OCH3 is 2. The van der Waals surface area contributed by atoms with Gasteiger partial charge in [-0.3, -0.25) is 9.59 Å². The molecule has 0 aliphatic rings. The molecule has 6 N–H and O–H groups in total. The summed E-state index contributed by atoms with van der Waals surface area (Å²) in [6, 6.07) is 14.9. The van der Waals surface area contributed by atoms with Crippen molar-refractivity contribution >= 4 is 28.3 Å². The lowest BCUT2D eigenvalue weighted by atomic mass is 10.1. The summed E-state index contributed by atoms with van der Waals surface area (Å²) in [7, 11) is 3.09. The van der Waals surface area contributed by atoms with Gasteiger partial charge < -0.3 is 31.6 Å². The zero-order chi connectivity index (χ0) is 28.0. The molecule has 0 unspecified atom stereocenters. The van der Waals surface area contributed by atoms with Crippen LogP contribution < -0.4 is 31.6 Å². The second-order valence-electron chi connectivity index (χ2n) is 8.66. The van der Waals surface area contributed by atoms with Crippen molar-refractivity contribution < 1.29 is 19.1 Å². The van der Waals surface area contributed by atoms with Gasteiger partial charge in [-0.15, -0.1) is 10.2 Å². The fourth-order valence-corrected chi connectivity index (χ4v) is 4.55. The molecular formula is C28H34N6O4S. The van der Waals surface area contributed by atoms with Crippen molar-refractivity contribution in [2.75, 3.05) is 19.5 Å². The fraction of sp³-hybridized carbons (Fsp3) is 0.286. The molecule has 0 spiro atoms. The first-order valence-electron chi connectivity index (χ1n) is 12.5. The summed E-state index contributed by atoms with van der Waals surface area (Å²) < 4.78 is 10.7. The van der Waals surface area contributed by atoms with Gasteiger partial charge in [0.2, 0.25) is 16.9 Å². The van der Waals surface area contributed by atoms with Crippen LogP contribution in [-0.4, -0.2) is 36.2 Å². The van der Waals surface area contributed by atoms with Crippen molar-refractivity contribution in [3.05, 3.63) is 88.3 Å². The van der Waals surface area contributed by atoms with Gasteiger partial charge in [-0.1, -0.05) is 53.8 Å². The Morgan fingerprint density at radius 2 is 1.72 bits per heavy atom. The number of unbranched alkanes of at least 4 members (excludes halogenated alkanes) is 1. The molecule has 2 aromatic carbocycles. The number of aryl methyl sites for hydroxylation is 1. The van der Waals surface area contributed by atoms with E-state index in [-0.39, 0.29) is 30.5 Å². The van der Waals surface area contributed by atoms with Gasteiger partial charge in [-0.05, 0) is 43.0 Å². The molecule has 3 aromatic rings. The number of allylic oxidation sites excluding steroid dienone is 3. The minimum Gasteiger partial charge on any atom is -0.493 e. The van der Waals surface area contributed by atoms with E-state index < -0.39 is 0 Å². The van der Waals surface area contributed by atoms with Gasteiger partial charge in [0.1, 0.15) is 10.8 Å². The molecule has 206 valence electrons. The lowest BCUT2D eigenvalue weighted by molar-refractivity contribution is -0.119. The Morgan fingerprint density at radius 1 is 0.923 bits per heavy atom. The van der Waals surface area contributed by atoms with Crippen molar-refractivity contribution in [3.8, 4) is 11.5 Å². The van der Waals surface area contributed by atoms with Crippen LogP contribution in [0.25, 0.3) is 0 Å². The number of para-hydroxylation sites is 1. The first-order valence-corrected chi connectivity index (χ1v) is 13.3. The van der Waals surface area contributed by atoms with E-state index in [9.17, 15) is 9.59 Å². The molecule has 39 heavy (non-hydrogen) atoms. The van der Waals surface area contributed by atoms with Gasteiger partial charge in [-0.25, -0.2) is 0 Å². The number of carbonyl (C=O) groups excluding carboxylic acids is 2. The highest BCUT2D eigenvalue weighted by atomic mass is 32.1. The molecule has 0 aliphatic carbocycles. The molecule has 2 amide bonds. The quantitative estimate of drug-likeness (QED) is 0.176. The van der Waals surface area contributed by atoms with E-state index in [2.05, 4.69) is 20.8 Å². The summed E-state index contributed by atoms with van der Waals surface area (Å²) in [4.78, 5) is 24.6. The first kappa shape index (κ1) is 29.2. The molecule has 1 heterocycles. The van der Waals surface area contributed by atoms with E-state index in [0.29, 0.717) is 28.7 Å². The van der Waals surface area contributed by atoms with Crippen LogP contribution in [0.15, 0.2) is 72.2 Å². The number of carbonyl (C=O) groups is 2. The van der Waals surface area contributed by atoms with Crippen LogP contribution in [-0.2, 0) is 28.9 Å². The number of amides is 2. The van der Waals surface area contributed by atoms with E-state index in [1.54, 1.807) is 32.4 Å². The van der Waals surface area contributed by atoms with Gasteiger partial charge in [0.15, 0.2) is 11.5 Å². The summed E-state index contributed by atoms with van der Waals surface area (Å²) in [6.45, 7) is 0. The van der Waals surface area contributed by atoms with Gasteiger partial charge in [0, 0.05) is 17.7 Å². The molecule has 1 aromatic heterocycles. The topological polar surface area (TPSA) is 154 Å². The molecule has 11 heteroatoms. The number of benzene rings is 2. The Morgan fingerprint density at radius 3 is 2.46 bits per heavy atom. The largest absolute Gasteiger partial charge is 0.493 e. The summed E-state index contributed by atoms with van der Waals surface area (Å²) in [5.41, 5.74) is 14.3. The lowest BCUT2D eigenvalue weighted by Crippen LogP contribution is -2.28. The average Bonchev–Trinajstić information content (AvgIpc) is 3.37. The minimum atomic E-state index is -0.217. The van der Waals surface area contributed by atoms with Crippen molar-refractivity contribution in [3.63, 3.8) is 0 Å². The van der Waals surface area contributed by atoms with Crippen LogP contribution in [0.2, 0.25) is 0 Å². The Kier molecular flexibility index (Phi) is 11.3. The Balaban J connectivity index is 1.38. The monoisotopic (exact) mass is 550 g/mol. The van der Waals surface area contributed by atoms with Crippen molar-refractivity contribution in [2.24, 2.45) is 11.5 Å². The van der Waals surface area contributed by atoms with Crippen molar-refractivity contribution in [2.45, 2.75) is 38.5 Å². The second kappa shape index (κ2) is 15.1. The lowest BCUT2D eigenvalue weighted by Gasteiger charge is -2.11. The SMILES string of the molecule is COc1cccc(CC(=O)Nc2nnc(CCCC/C(N)=C/C=C(\N)NC(=O)Cc3ccccc3)s2)c1OC. The van der Waals surface area contributed by atoms with E-state index >= 15 is 0 Å². The molecule has 0 fully saturated rings. The number of hydrogen-bond acceptors (Lipinski definition) is 9. The van der Waals surface area contributed by atoms with Crippen molar-refractivity contribution in [1.29, 1.82) is 0 Å². The zero-order valence-corrected chi connectivity index (χ0v) is 22.9. The third-order valence-electron chi connectivity index (χ3n) is 5.62. The highest BCUT2D eigenvalue weighted by Crippen LogP contribution is 2.31. The van der Waals surface area contributed by atoms with Gasteiger partial charge in [-0.2, -0.15) is 0 Å². The maximum Gasteiger partial charge on any atom is 0.230 e. The highest BCUT2D eigenvalue weighted by Gasteiger charge is 2.15. The minimum absolute atomic E-state index is 0.122. The highest BCUT2D eigenvalue weighted by molar-refractivity contribution is 7.15. The molecule has 0 saturated heterocycles. The zero-order valence-electron chi connectivity index (χ0n) is 22.1. The molecule has 0 saturated carbocycles. The predicted molar refractivity (Wildman–Crippen MR) is 152 cm³/mol. The van der Waals surface area contributed by atoms with E-state index in [4.69, 9.17) is 20.9 Å². The van der Waals surface area contributed by atoms with E-state index in [1.165, 1.54) is 11.3 Å². The van der Waals surface area contributed by atoms with Gasteiger partial charge in [0.25, 0.3) is 0 Å². The van der Waals surface area contributed by atoms with Crippen LogP contribution in [0, 0.1) is 0 Å². The summed E-state index contributed by atoms with van der Waals surface area (Å²) >= 11 is 1.35. The van der Waals surface area contributed by atoms with Crippen LogP contribution >= 0.6 is 11.3 Å². The number of aromatic nitrogens is 2. The summed E-state index contributed by atoms with van der Waals surface area (Å²) in [6.07, 6.45) is 6.76. The number of nitrogens with one attached hydrogen (secondary N) is 2. The third kappa shape index (κ3) is 9.78. The maximum atomic E-state index is 12.5. The summed E-state index contributed by atoms with van der Waals surface area (Å²) in [5, 5.41) is 15.0. The molecule has 0 radical (unpaired) electrons. The average molecular weight is 551 g/mol. The maximum absolute atomic E-state index is 12.5. The number of anilines is 1. The van der Waals surface area contributed by atoms with Crippen LogP contribution in [0.3, 0.4) is 0 Å². The normalized spacial score (nSPS) is 11.6. The van der Waals surface area contributed by atoms with Crippen LogP contribution in [0.5, 0.6) is 11.5 Å². The van der Waals surface area contributed by atoms with E-state index in [1.807, 2.05) is 42.5 Å². The van der Waals surface area contributed by atoms with Crippen molar-refractivity contribution in [1.82, 2.24) is 15.5 Å². The van der Waals surface area contributed by atoms with Crippen LogP contribution in [0.4, 0.5) is 5.13 Å². The van der Waals surface area contributed by atoms with Gasteiger partial charge in [0.05, 0.1) is 27.1 Å². The predicted octanol–water partition coefficient (Wildman–Crippen LogP) is 3.45. The number of nitrogens with two attached hydrogens (primary N) is 2. The molecular weight excluding hydrogens is 516 g/mol. The Hall–Kier alpha value is -4.38. The fourth-order valence-electron chi connectivity index (χ4n) is 3.75.